The van der Waals surface area contributed by atoms with Gasteiger partial charge in [-0.25, -0.2) is 0 Å². The molecule has 3 aromatic rings. The first kappa shape index (κ1) is 25.1. The van der Waals surface area contributed by atoms with Crippen molar-refractivity contribution in [3.8, 4) is 11.5 Å². The number of carbonyl (C=O) groups excluding carboxylic acids is 2. The number of halogens is 1. The molecule has 3 aromatic carbocycles. The van der Waals surface area contributed by atoms with Crippen molar-refractivity contribution in [3.63, 3.8) is 0 Å². The van der Waals surface area contributed by atoms with Crippen LogP contribution in [0.1, 0.15) is 18.1 Å². The molecule has 34 heavy (non-hydrogen) atoms. The summed E-state index contributed by atoms with van der Waals surface area (Å²) in [7, 11) is 1.60. The number of para-hydroxylation sites is 1. The lowest BCUT2D eigenvalue weighted by atomic mass is 10.1. The van der Waals surface area contributed by atoms with E-state index in [1.807, 2.05) is 54.6 Å². The van der Waals surface area contributed by atoms with Crippen LogP contribution < -0.4 is 14.8 Å². The Morgan fingerprint density at radius 1 is 0.941 bits per heavy atom. The fourth-order valence-corrected chi connectivity index (χ4v) is 3.61. The largest absolute Gasteiger partial charge is 0.497 e. The molecule has 0 aliphatic carbocycles. The monoisotopic (exact) mass is 480 g/mol. The Kier molecular flexibility index (Phi) is 9.35. The van der Waals surface area contributed by atoms with Gasteiger partial charge >= 0.3 is 0 Å². The number of hydrogen-bond acceptors (Lipinski definition) is 4. The minimum absolute atomic E-state index is 0.226. The number of hydrogen-bond donors (Lipinski definition) is 1. The Morgan fingerprint density at radius 3 is 2.29 bits per heavy atom. The van der Waals surface area contributed by atoms with E-state index in [9.17, 15) is 9.59 Å². The van der Waals surface area contributed by atoms with Crippen molar-refractivity contribution < 1.29 is 19.1 Å². The number of carbonyl (C=O) groups is 2. The first-order chi connectivity index (χ1) is 16.5. The Balaban J connectivity index is 1.67. The molecule has 0 saturated carbocycles. The zero-order valence-corrected chi connectivity index (χ0v) is 20.1. The topological polar surface area (TPSA) is 67.9 Å². The number of methoxy groups -OCH3 is 1. The normalized spacial score (nSPS) is 11.4. The van der Waals surface area contributed by atoms with E-state index in [-0.39, 0.29) is 25.0 Å². The summed E-state index contributed by atoms with van der Waals surface area (Å²) in [5, 5.41) is 3.36. The minimum atomic E-state index is -0.694. The van der Waals surface area contributed by atoms with Crippen molar-refractivity contribution in [2.24, 2.45) is 0 Å². The average molecular weight is 481 g/mol. The zero-order chi connectivity index (χ0) is 24.3. The predicted octanol–water partition coefficient (Wildman–Crippen LogP) is 4.50. The molecule has 178 valence electrons. The maximum absolute atomic E-state index is 13.1. The van der Waals surface area contributed by atoms with Crippen LogP contribution in [0.3, 0.4) is 0 Å². The minimum Gasteiger partial charge on any atom is -0.497 e. The third-order valence-electron chi connectivity index (χ3n) is 5.42. The molecule has 0 aliphatic rings. The molecule has 0 fully saturated rings. The maximum Gasteiger partial charge on any atom is 0.261 e. The summed E-state index contributed by atoms with van der Waals surface area (Å²) in [4.78, 5) is 27.6. The Bertz CT molecular complexity index is 1070. The van der Waals surface area contributed by atoms with Gasteiger partial charge in [-0.1, -0.05) is 66.2 Å². The van der Waals surface area contributed by atoms with Crippen LogP contribution in [0.2, 0.25) is 5.02 Å². The van der Waals surface area contributed by atoms with Crippen molar-refractivity contribution in [3.05, 3.63) is 95.0 Å². The summed E-state index contributed by atoms with van der Waals surface area (Å²) < 4.78 is 10.9. The van der Waals surface area contributed by atoms with Crippen LogP contribution in [0.4, 0.5) is 0 Å². The van der Waals surface area contributed by atoms with Crippen LogP contribution >= 0.6 is 11.6 Å². The van der Waals surface area contributed by atoms with Crippen molar-refractivity contribution in [2.75, 3.05) is 20.3 Å². The highest BCUT2D eigenvalue weighted by atomic mass is 35.5. The highest BCUT2D eigenvalue weighted by Gasteiger charge is 2.26. The molecule has 0 radical (unpaired) electrons. The number of nitrogens with zero attached hydrogens (tertiary/aromatic N) is 1. The molecular formula is C27H29ClN2O4. The second kappa shape index (κ2) is 12.7. The number of rotatable bonds is 11. The van der Waals surface area contributed by atoms with E-state index in [0.717, 1.165) is 16.9 Å². The Morgan fingerprint density at radius 2 is 1.62 bits per heavy atom. The van der Waals surface area contributed by atoms with Gasteiger partial charge in [0.25, 0.3) is 5.91 Å². The Hall–Kier alpha value is -3.51. The zero-order valence-electron chi connectivity index (χ0n) is 19.4. The second-order valence-corrected chi connectivity index (χ2v) is 8.20. The summed E-state index contributed by atoms with van der Waals surface area (Å²) >= 11 is 6.14. The molecule has 0 unspecified atom stereocenters. The first-order valence-corrected chi connectivity index (χ1v) is 11.5. The molecule has 0 bridgehead atoms. The number of benzene rings is 3. The van der Waals surface area contributed by atoms with Gasteiger partial charge in [0.05, 0.1) is 12.1 Å². The highest BCUT2D eigenvalue weighted by molar-refractivity contribution is 6.32. The van der Waals surface area contributed by atoms with Gasteiger partial charge in [0.2, 0.25) is 5.91 Å². The third kappa shape index (κ3) is 7.25. The summed E-state index contributed by atoms with van der Waals surface area (Å²) in [6, 6.07) is 23.6. The van der Waals surface area contributed by atoms with Crippen LogP contribution in [0.25, 0.3) is 0 Å². The van der Waals surface area contributed by atoms with Crippen LogP contribution in [-0.4, -0.2) is 43.0 Å². The molecule has 3 rings (SSSR count). The van der Waals surface area contributed by atoms with E-state index in [0.29, 0.717) is 23.7 Å². The lowest BCUT2D eigenvalue weighted by molar-refractivity contribution is -0.142. The molecule has 2 amide bonds. The standard InChI is InChI=1S/C27H29ClN2O4/c1-20(27(32)29-17-16-21-8-4-3-5-9-21)30(18-22-12-14-23(33-2)15-13-22)26(31)19-34-25-11-7-6-10-24(25)28/h3-15,20H,16-19H2,1-2H3,(H,29,32)/t20-/m0/s1. The maximum atomic E-state index is 13.1. The lowest BCUT2D eigenvalue weighted by Crippen LogP contribution is -2.49. The molecule has 7 heteroatoms. The molecule has 1 N–H and O–H groups in total. The average Bonchev–Trinajstić information content (AvgIpc) is 2.87. The van der Waals surface area contributed by atoms with Crippen LogP contribution in [0.5, 0.6) is 11.5 Å². The SMILES string of the molecule is COc1ccc(CN(C(=O)COc2ccccc2Cl)[C@@H](C)C(=O)NCCc2ccccc2)cc1. The van der Waals surface area contributed by atoms with Gasteiger partial charge in [-0.2, -0.15) is 0 Å². The van der Waals surface area contributed by atoms with Crippen LogP contribution in [0.15, 0.2) is 78.9 Å². The van der Waals surface area contributed by atoms with E-state index in [4.69, 9.17) is 21.1 Å². The van der Waals surface area contributed by atoms with E-state index in [2.05, 4.69) is 5.32 Å². The van der Waals surface area contributed by atoms with Gasteiger partial charge in [0.15, 0.2) is 6.61 Å². The van der Waals surface area contributed by atoms with Gasteiger partial charge in [0, 0.05) is 13.1 Å². The van der Waals surface area contributed by atoms with E-state index >= 15 is 0 Å². The van der Waals surface area contributed by atoms with E-state index < -0.39 is 6.04 Å². The van der Waals surface area contributed by atoms with Crippen molar-refractivity contribution in [1.82, 2.24) is 10.2 Å². The molecule has 0 spiro atoms. The smallest absolute Gasteiger partial charge is 0.261 e. The Labute approximate surface area is 205 Å². The number of ether oxygens (including phenoxy) is 2. The fourth-order valence-electron chi connectivity index (χ4n) is 3.42. The number of amides is 2. The molecule has 0 aliphatic heterocycles. The summed E-state index contributed by atoms with van der Waals surface area (Å²) in [6.45, 7) is 2.21. The number of nitrogens with one attached hydrogen (secondary N) is 1. The predicted molar refractivity (Wildman–Crippen MR) is 133 cm³/mol. The summed E-state index contributed by atoms with van der Waals surface area (Å²) in [5.74, 6) is 0.592. The van der Waals surface area contributed by atoms with Gasteiger partial charge in [-0.05, 0) is 48.7 Å². The molecule has 0 aromatic heterocycles. The van der Waals surface area contributed by atoms with E-state index in [1.165, 1.54) is 4.90 Å². The van der Waals surface area contributed by atoms with Gasteiger partial charge in [0.1, 0.15) is 17.5 Å². The molecule has 0 heterocycles. The molecule has 1 atom stereocenters. The van der Waals surface area contributed by atoms with E-state index in [1.54, 1.807) is 38.3 Å². The summed E-state index contributed by atoms with van der Waals surface area (Å²) in [6.07, 6.45) is 0.710. The quantitative estimate of drug-likeness (QED) is 0.438. The fraction of sp³-hybridized carbons (Fsp3) is 0.259. The van der Waals surface area contributed by atoms with Gasteiger partial charge in [-0.15, -0.1) is 0 Å². The van der Waals surface area contributed by atoms with Gasteiger partial charge in [-0.3, -0.25) is 9.59 Å². The van der Waals surface area contributed by atoms with Crippen molar-refractivity contribution in [1.29, 1.82) is 0 Å². The van der Waals surface area contributed by atoms with Crippen LogP contribution in [0, 0.1) is 0 Å². The molecular weight excluding hydrogens is 452 g/mol. The van der Waals surface area contributed by atoms with Crippen LogP contribution in [-0.2, 0) is 22.6 Å². The first-order valence-electron chi connectivity index (χ1n) is 11.1. The highest BCUT2D eigenvalue weighted by Crippen LogP contribution is 2.23. The van der Waals surface area contributed by atoms with Gasteiger partial charge < -0.3 is 19.7 Å². The summed E-state index contributed by atoms with van der Waals surface area (Å²) in [5.41, 5.74) is 2.01. The second-order valence-electron chi connectivity index (χ2n) is 7.79. The lowest BCUT2D eigenvalue weighted by Gasteiger charge is -2.29. The molecule has 0 saturated heterocycles. The third-order valence-corrected chi connectivity index (χ3v) is 5.74. The van der Waals surface area contributed by atoms with Crippen molar-refractivity contribution in [2.45, 2.75) is 25.9 Å². The molecule has 6 nitrogen and oxygen atoms in total. The van der Waals surface area contributed by atoms with Crippen molar-refractivity contribution >= 4 is 23.4 Å².